The molecular weight excluding hydrogens is 593 g/mol. The third-order valence-corrected chi connectivity index (χ3v) is 9.96. The monoisotopic (exact) mass is 630 g/mol. The van der Waals surface area contributed by atoms with Gasteiger partial charge in [-0.25, -0.2) is 14.3 Å². The summed E-state index contributed by atoms with van der Waals surface area (Å²) in [6.07, 6.45) is 1.53. The van der Waals surface area contributed by atoms with Gasteiger partial charge in [0.2, 0.25) is 5.95 Å². The minimum absolute atomic E-state index is 0.0316. The lowest BCUT2D eigenvalue weighted by Gasteiger charge is -2.30. The molecule has 2 fully saturated rings. The molecule has 1 saturated carbocycles. The molecular formula is C28H38ClF3N6O3S. The van der Waals surface area contributed by atoms with Crippen molar-refractivity contribution in [1.29, 1.82) is 0 Å². The Morgan fingerprint density at radius 3 is 2.57 bits per heavy atom. The molecule has 2 aliphatic rings. The van der Waals surface area contributed by atoms with Crippen LogP contribution in [-0.4, -0.2) is 87.8 Å². The van der Waals surface area contributed by atoms with Crippen molar-refractivity contribution < 1.29 is 26.9 Å². The fourth-order valence-electron chi connectivity index (χ4n) is 5.67. The van der Waals surface area contributed by atoms with Gasteiger partial charge < -0.3 is 20.3 Å². The third-order valence-electron chi connectivity index (χ3n) is 8.16. The van der Waals surface area contributed by atoms with E-state index >= 15 is 0 Å². The zero-order valence-electron chi connectivity index (χ0n) is 24.3. The Balaban J connectivity index is 1.58. The van der Waals surface area contributed by atoms with Crippen LogP contribution in [0.25, 0.3) is 0 Å². The van der Waals surface area contributed by atoms with E-state index in [1.807, 2.05) is 7.05 Å². The summed E-state index contributed by atoms with van der Waals surface area (Å²) in [5.74, 6) is 3.40. The molecule has 0 bridgehead atoms. The van der Waals surface area contributed by atoms with E-state index in [1.165, 1.54) is 25.5 Å². The van der Waals surface area contributed by atoms with Crippen molar-refractivity contribution in [3.8, 4) is 5.75 Å². The number of methoxy groups -OCH3 is 1. The first-order chi connectivity index (χ1) is 19.7. The summed E-state index contributed by atoms with van der Waals surface area (Å²) in [7, 11) is 2.62. The molecule has 1 aromatic carbocycles. The van der Waals surface area contributed by atoms with E-state index in [2.05, 4.69) is 31.4 Å². The average molecular weight is 631 g/mol. The second-order valence-electron chi connectivity index (χ2n) is 11.2. The molecule has 0 radical (unpaired) electrons. The highest BCUT2D eigenvalue weighted by molar-refractivity contribution is 7.97. The Bertz CT molecular complexity index is 1400. The number of rotatable bonds is 9. The van der Waals surface area contributed by atoms with Crippen LogP contribution in [-0.2, 0) is 22.3 Å². The van der Waals surface area contributed by atoms with Crippen molar-refractivity contribution in [3.63, 3.8) is 0 Å². The quantitative estimate of drug-likeness (QED) is 0.390. The lowest BCUT2D eigenvalue weighted by Crippen LogP contribution is -2.43. The molecule has 2 N–H and O–H groups in total. The molecule has 14 heteroatoms. The largest absolute Gasteiger partial charge is 0.495 e. The van der Waals surface area contributed by atoms with Gasteiger partial charge in [-0.05, 0) is 83.2 Å². The van der Waals surface area contributed by atoms with Gasteiger partial charge in [-0.15, -0.1) is 0 Å². The number of carbonyl (C=O) groups excluding carboxylic acids is 1. The van der Waals surface area contributed by atoms with Crippen molar-refractivity contribution in [1.82, 2.24) is 24.5 Å². The summed E-state index contributed by atoms with van der Waals surface area (Å²) in [5, 5.41) is 6.08. The van der Waals surface area contributed by atoms with Crippen LogP contribution in [0.1, 0.15) is 53.7 Å². The minimum Gasteiger partial charge on any atom is -0.495 e. The van der Waals surface area contributed by atoms with Gasteiger partial charge in [0, 0.05) is 34.2 Å². The Morgan fingerprint density at radius 1 is 1.26 bits per heavy atom. The van der Waals surface area contributed by atoms with E-state index in [1.54, 1.807) is 11.4 Å². The van der Waals surface area contributed by atoms with Gasteiger partial charge in [0.1, 0.15) is 5.75 Å². The van der Waals surface area contributed by atoms with Gasteiger partial charge >= 0.3 is 6.18 Å². The lowest BCUT2D eigenvalue weighted by atomic mass is 9.95. The van der Waals surface area contributed by atoms with Gasteiger partial charge in [-0.1, -0.05) is 18.0 Å². The summed E-state index contributed by atoms with van der Waals surface area (Å²) in [4.78, 5) is 23.4. The number of hydrogen-bond acceptors (Lipinski definition) is 7. The number of hydrogen-bond donors (Lipinski definition) is 2. The predicted octanol–water partition coefficient (Wildman–Crippen LogP) is 4.63. The first kappa shape index (κ1) is 32.3. The molecule has 232 valence electrons. The standard InChI is InChI=1S/C28H38ClF3N6O3S/c1-37-11-9-18(10-12-37)34-26(39)19-14-25(41-3)23(15-21(19)29)36-27-33-16-20(28(30,31)32)22(35-27)13-17-7-6-8-24(17)38(2)42(4,5)40/h14-18,24H,4,6-13H2,1-3,5H3,(H,34,39)(H,33,35,36)/t17-,24+,42?/m0/s1. The van der Waals surface area contributed by atoms with E-state index in [9.17, 15) is 22.2 Å². The Morgan fingerprint density at radius 2 is 1.95 bits per heavy atom. The van der Waals surface area contributed by atoms with Crippen LogP contribution in [0.4, 0.5) is 24.8 Å². The summed E-state index contributed by atoms with van der Waals surface area (Å²) >= 11 is 6.48. The number of amides is 1. The second kappa shape index (κ2) is 12.9. The number of alkyl halides is 3. The zero-order chi connectivity index (χ0) is 30.8. The van der Waals surface area contributed by atoms with Crippen LogP contribution in [0, 0.1) is 5.92 Å². The maximum absolute atomic E-state index is 14.0. The Hall–Kier alpha value is -2.61. The molecule has 1 aromatic heterocycles. The molecule has 1 aliphatic carbocycles. The van der Waals surface area contributed by atoms with E-state index in [4.69, 9.17) is 16.3 Å². The normalized spacial score (nSPS) is 21.7. The third kappa shape index (κ3) is 7.66. The number of aromatic nitrogens is 2. The summed E-state index contributed by atoms with van der Waals surface area (Å²) in [6.45, 7) is 1.76. The Labute approximate surface area is 250 Å². The van der Waals surface area contributed by atoms with Crippen molar-refractivity contribution in [2.24, 2.45) is 5.92 Å². The molecule has 42 heavy (non-hydrogen) atoms. The van der Waals surface area contributed by atoms with Gasteiger partial charge in [0.05, 0.1) is 34.6 Å². The van der Waals surface area contributed by atoms with Crippen LogP contribution < -0.4 is 15.4 Å². The smallest absolute Gasteiger partial charge is 0.419 e. The van der Waals surface area contributed by atoms with Crippen LogP contribution >= 0.6 is 11.6 Å². The lowest BCUT2D eigenvalue weighted by molar-refractivity contribution is -0.138. The molecule has 2 heterocycles. The van der Waals surface area contributed by atoms with Crippen LogP contribution in [0.5, 0.6) is 5.75 Å². The number of benzene rings is 1. The van der Waals surface area contributed by atoms with Crippen LogP contribution in [0.3, 0.4) is 0 Å². The van der Waals surface area contributed by atoms with Crippen molar-refractivity contribution in [2.45, 2.75) is 56.8 Å². The SMILES string of the molecule is C=S(C)(=O)N(C)[C@@H]1CCC[C@H]1Cc1nc(Nc2cc(Cl)c(C(=O)NC3CCN(C)CC3)cc2OC)ncc1C(F)(F)F. The number of carbonyl (C=O) groups is 1. The number of anilines is 2. The molecule has 0 spiro atoms. The van der Waals surface area contributed by atoms with E-state index in [-0.39, 0.29) is 58.3 Å². The first-order valence-electron chi connectivity index (χ1n) is 13.8. The fraction of sp³-hybridized carbons (Fsp3) is 0.571. The van der Waals surface area contributed by atoms with Gasteiger partial charge in [-0.3, -0.25) is 9.00 Å². The topological polar surface area (TPSA) is 99.7 Å². The number of piperidine rings is 1. The highest BCUT2D eigenvalue weighted by Crippen LogP contribution is 2.38. The number of ether oxygens (including phenoxy) is 1. The zero-order valence-corrected chi connectivity index (χ0v) is 25.8. The molecule has 2 aromatic rings. The van der Waals surface area contributed by atoms with Crippen molar-refractivity contribution in [2.75, 3.05) is 45.9 Å². The molecule has 1 aliphatic heterocycles. The van der Waals surface area contributed by atoms with Gasteiger partial charge in [0.25, 0.3) is 5.91 Å². The first-order valence-corrected chi connectivity index (χ1v) is 16.3. The Kier molecular flexibility index (Phi) is 9.96. The predicted molar refractivity (Wildman–Crippen MR) is 160 cm³/mol. The minimum atomic E-state index is -4.65. The molecule has 3 atom stereocenters. The number of nitrogens with one attached hydrogen (secondary N) is 2. The number of halogens is 4. The molecule has 9 nitrogen and oxygen atoms in total. The molecule has 4 rings (SSSR count). The average Bonchev–Trinajstić information content (AvgIpc) is 3.36. The molecule has 1 saturated heterocycles. The number of nitrogens with zero attached hydrogens (tertiary/aromatic N) is 4. The highest BCUT2D eigenvalue weighted by atomic mass is 35.5. The second-order valence-corrected chi connectivity index (χ2v) is 14.1. The van der Waals surface area contributed by atoms with E-state index in [0.29, 0.717) is 18.5 Å². The van der Waals surface area contributed by atoms with E-state index in [0.717, 1.165) is 38.5 Å². The maximum atomic E-state index is 14.0. The van der Waals surface area contributed by atoms with Crippen LogP contribution in [0.2, 0.25) is 5.02 Å². The molecule has 1 unspecified atom stereocenters. The van der Waals surface area contributed by atoms with Crippen molar-refractivity contribution >= 4 is 44.7 Å². The summed E-state index contributed by atoms with van der Waals surface area (Å²) < 4.78 is 61.6. The number of likely N-dealkylation sites (tertiary alicyclic amines) is 1. The van der Waals surface area contributed by atoms with Gasteiger partial charge in [0.15, 0.2) is 0 Å². The molecule has 1 amide bonds. The van der Waals surface area contributed by atoms with E-state index < -0.39 is 21.4 Å². The summed E-state index contributed by atoms with van der Waals surface area (Å²) in [6, 6.07) is 2.81. The maximum Gasteiger partial charge on any atom is 0.419 e. The highest BCUT2D eigenvalue weighted by Gasteiger charge is 2.38. The van der Waals surface area contributed by atoms with Crippen LogP contribution in [0.15, 0.2) is 18.3 Å². The van der Waals surface area contributed by atoms with Gasteiger partial charge in [-0.2, -0.15) is 13.2 Å². The fourth-order valence-corrected chi connectivity index (χ4v) is 6.77. The van der Waals surface area contributed by atoms with Crippen molar-refractivity contribution in [3.05, 3.63) is 40.2 Å². The summed E-state index contributed by atoms with van der Waals surface area (Å²) in [5.41, 5.74) is -0.554.